The van der Waals surface area contributed by atoms with Gasteiger partial charge in [0.1, 0.15) is 0 Å². The Labute approximate surface area is 210 Å². The van der Waals surface area contributed by atoms with Crippen LogP contribution < -0.4 is 10.2 Å². The number of carbonyl (C=O) groups is 1. The molecule has 8 heteroatoms. The Morgan fingerprint density at radius 3 is 2.17 bits per heavy atom. The second-order valence-corrected chi connectivity index (χ2v) is 11.7. The second-order valence-electron chi connectivity index (χ2n) is 9.80. The van der Waals surface area contributed by atoms with Gasteiger partial charge in [0.05, 0.1) is 16.3 Å². The van der Waals surface area contributed by atoms with Crippen LogP contribution in [0.25, 0.3) is 0 Å². The molecule has 0 saturated carbocycles. The number of hydrogen-bond donors (Lipinski definition) is 1. The third kappa shape index (κ3) is 5.88. The molecule has 190 valence electrons. The van der Waals surface area contributed by atoms with E-state index in [0.29, 0.717) is 30.3 Å². The van der Waals surface area contributed by atoms with Crippen molar-refractivity contribution >= 4 is 27.3 Å². The number of benzene rings is 2. The number of nitrogens with one attached hydrogen (secondary N) is 1. The molecule has 0 unspecified atom stereocenters. The van der Waals surface area contributed by atoms with Crippen molar-refractivity contribution in [1.29, 1.82) is 0 Å². The Morgan fingerprint density at radius 2 is 1.57 bits per heavy atom. The van der Waals surface area contributed by atoms with Crippen molar-refractivity contribution in [2.24, 2.45) is 0 Å². The highest BCUT2D eigenvalue weighted by Crippen LogP contribution is 2.32. The molecular weight excluding hydrogens is 460 g/mol. The van der Waals surface area contributed by atoms with Gasteiger partial charge in [0, 0.05) is 44.8 Å². The summed E-state index contributed by atoms with van der Waals surface area (Å²) in [5.74, 6) is 0.151. The lowest BCUT2D eigenvalue weighted by Gasteiger charge is -2.36. The van der Waals surface area contributed by atoms with E-state index >= 15 is 0 Å². The van der Waals surface area contributed by atoms with Gasteiger partial charge in [0.2, 0.25) is 10.0 Å². The molecule has 1 N–H and O–H groups in total. The molecule has 2 aromatic carbocycles. The summed E-state index contributed by atoms with van der Waals surface area (Å²) in [5, 5.41) is 3.04. The molecule has 2 aromatic rings. The first kappa shape index (κ1) is 25.7. The highest BCUT2D eigenvalue weighted by atomic mass is 32.2. The Morgan fingerprint density at radius 1 is 0.914 bits per heavy atom. The van der Waals surface area contributed by atoms with E-state index in [1.165, 1.54) is 5.56 Å². The molecule has 35 heavy (non-hydrogen) atoms. The smallest absolute Gasteiger partial charge is 0.255 e. The van der Waals surface area contributed by atoms with Gasteiger partial charge in [0.25, 0.3) is 5.91 Å². The minimum Gasteiger partial charge on any atom is -0.367 e. The number of carbonyl (C=O) groups excluding carboxylic acids is 1. The first-order valence-electron chi connectivity index (χ1n) is 12.8. The molecule has 0 aromatic heterocycles. The molecule has 1 amide bonds. The topological polar surface area (TPSA) is 73.0 Å². The van der Waals surface area contributed by atoms with E-state index in [1.807, 2.05) is 30.3 Å². The lowest BCUT2D eigenvalue weighted by atomic mass is 10.0. The number of likely N-dealkylation sites (N-methyl/N-ethyl adjacent to an activating group) is 1. The minimum absolute atomic E-state index is 0.235. The van der Waals surface area contributed by atoms with Gasteiger partial charge in [-0.2, -0.15) is 4.31 Å². The third-order valence-corrected chi connectivity index (χ3v) is 9.06. The molecule has 2 heterocycles. The van der Waals surface area contributed by atoms with Gasteiger partial charge in [-0.25, -0.2) is 8.42 Å². The van der Waals surface area contributed by atoms with Crippen LogP contribution in [-0.4, -0.2) is 69.3 Å². The van der Waals surface area contributed by atoms with Crippen molar-refractivity contribution in [3.05, 3.63) is 53.6 Å². The van der Waals surface area contributed by atoms with Crippen LogP contribution in [-0.2, 0) is 10.0 Å². The first-order valence-corrected chi connectivity index (χ1v) is 14.3. The van der Waals surface area contributed by atoms with Crippen molar-refractivity contribution in [1.82, 2.24) is 9.21 Å². The number of nitrogens with zero attached hydrogens (tertiary/aromatic N) is 3. The van der Waals surface area contributed by atoms with Crippen molar-refractivity contribution in [3.8, 4) is 0 Å². The van der Waals surface area contributed by atoms with Gasteiger partial charge < -0.3 is 15.1 Å². The second kappa shape index (κ2) is 11.1. The van der Waals surface area contributed by atoms with E-state index in [1.54, 1.807) is 16.4 Å². The Hall–Kier alpha value is -2.42. The summed E-state index contributed by atoms with van der Waals surface area (Å²) >= 11 is 0. The highest BCUT2D eigenvalue weighted by Gasteiger charge is 2.28. The molecule has 0 bridgehead atoms. The number of anilines is 2. The Bertz CT molecular complexity index is 1120. The predicted molar refractivity (Wildman–Crippen MR) is 142 cm³/mol. The molecule has 0 radical (unpaired) electrons. The van der Waals surface area contributed by atoms with Gasteiger partial charge >= 0.3 is 0 Å². The summed E-state index contributed by atoms with van der Waals surface area (Å²) < 4.78 is 28.3. The van der Waals surface area contributed by atoms with Crippen molar-refractivity contribution in [3.63, 3.8) is 0 Å². The van der Waals surface area contributed by atoms with Gasteiger partial charge in [-0.3, -0.25) is 4.79 Å². The number of hydrogen-bond acceptors (Lipinski definition) is 5. The lowest BCUT2D eigenvalue weighted by molar-refractivity contribution is 0.102. The number of piperazine rings is 1. The molecule has 4 rings (SSSR count). The molecule has 0 atom stereocenters. The van der Waals surface area contributed by atoms with Crippen LogP contribution in [0.5, 0.6) is 0 Å². The van der Waals surface area contributed by atoms with Crippen LogP contribution in [0, 0.1) is 0 Å². The Balaban J connectivity index is 1.64. The minimum atomic E-state index is -3.61. The SMILES string of the molecule is CCN1CCN(c2ccc(S(=O)(=O)N3CCCCC3)cc2NC(=O)c2ccc(C(C)C)cc2)CC1. The highest BCUT2D eigenvalue weighted by molar-refractivity contribution is 7.89. The summed E-state index contributed by atoms with van der Waals surface area (Å²) in [4.78, 5) is 18.1. The van der Waals surface area contributed by atoms with Crippen molar-refractivity contribution in [2.45, 2.75) is 50.8 Å². The van der Waals surface area contributed by atoms with Crippen LogP contribution in [0.3, 0.4) is 0 Å². The Kier molecular flexibility index (Phi) is 8.14. The van der Waals surface area contributed by atoms with E-state index in [0.717, 1.165) is 57.7 Å². The zero-order chi connectivity index (χ0) is 25.0. The summed E-state index contributed by atoms with van der Waals surface area (Å²) in [6, 6.07) is 12.8. The molecule has 2 saturated heterocycles. The van der Waals surface area contributed by atoms with Crippen LogP contribution in [0.1, 0.15) is 61.9 Å². The first-order chi connectivity index (χ1) is 16.8. The van der Waals surface area contributed by atoms with Crippen LogP contribution in [0.15, 0.2) is 47.4 Å². The average molecular weight is 499 g/mol. The van der Waals surface area contributed by atoms with Crippen LogP contribution >= 0.6 is 0 Å². The number of amides is 1. The molecule has 0 aliphatic carbocycles. The number of sulfonamides is 1. The fraction of sp³-hybridized carbons (Fsp3) is 0.519. The van der Waals surface area contributed by atoms with E-state index in [9.17, 15) is 13.2 Å². The predicted octanol–water partition coefficient (Wildman–Crippen LogP) is 4.38. The fourth-order valence-electron chi connectivity index (χ4n) is 4.82. The molecular formula is C27H38N4O3S. The largest absolute Gasteiger partial charge is 0.367 e. The molecule has 2 aliphatic rings. The van der Waals surface area contributed by atoms with Gasteiger partial charge in [-0.05, 0) is 61.2 Å². The van der Waals surface area contributed by atoms with E-state index in [2.05, 4.69) is 35.9 Å². The van der Waals surface area contributed by atoms with Gasteiger partial charge in [0.15, 0.2) is 0 Å². The zero-order valence-electron chi connectivity index (χ0n) is 21.2. The third-order valence-electron chi connectivity index (χ3n) is 7.17. The number of rotatable bonds is 7. The zero-order valence-corrected chi connectivity index (χ0v) is 22.0. The lowest BCUT2D eigenvalue weighted by Crippen LogP contribution is -2.46. The normalized spacial score (nSPS) is 18.1. The maximum absolute atomic E-state index is 13.4. The maximum atomic E-state index is 13.4. The van der Waals surface area contributed by atoms with Gasteiger partial charge in [-0.15, -0.1) is 0 Å². The number of piperidine rings is 1. The maximum Gasteiger partial charge on any atom is 0.255 e. The summed E-state index contributed by atoms with van der Waals surface area (Å²) in [6.45, 7) is 12.0. The van der Waals surface area contributed by atoms with E-state index in [4.69, 9.17) is 0 Å². The standard InChI is InChI=1S/C27H38N4O3S/c1-4-29-16-18-30(19-17-29)26-13-12-24(35(33,34)31-14-6-5-7-15-31)20-25(26)28-27(32)23-10-8-22(9-11-23)21(2)3/h8-13,20-21H,4-7,14-19H2,1-3H3,(H,28,32). The van der Waals surface area contributed by atoms with Crippen molar-refractivity contribution < 1.29 is 13.2 Å². The fourth-order valence-corrected chi connectivity index (χ4v) is 6.37. The summed E-state index contributed by atoms with van der Waals surface area (Å²) in [7, 11) is -3.61. The average Bonchev–Trinajstić information content (AvgIpc) is 2.89. The summed E-state index contributed by atoms with van der Waals surface area (Å²) in [6.07, 6.45) is 2.83. The molecule has 7 nitrogen and oxygen atoms in total. The van der Waals surface area contributed by atoms with Crippen molar-refractivity contribution in [2.75, 3.05) is 56.0 Å². The van der Waals surface area contributed by atoms with Gasteiger partial charge in [-0.1, -0.05) is 39.3 Å². The molecule has 2 aliphatic heterocycles. The molecule has 0 spiro atoms. The monoisotopic (exact) mass is 498 g/mol. The summed E-state index contributed by atoms with van der Waals surface area (Å²) in [5.41, 5.74) is 3.14. The van der Waals surface area contributed by atoms with E-state index in [-0.39, 0.29) is 10.8 Å². The van der Waals surface area contributed by atoms with Crippen LogP contribution in [0.4, 0.5) is 11.4 Å². The quantitative estimate of drug-likeness (QED) is 0.613. The van der Waals surface area contributed by atoms with E-state index < -0.39 is 10.0 Å². The van der Waals surface area contributed by atoms with Crippen LogP contribution in [0.2, 0.25) is 0 Å². The molecule has 2 fully saturated rings.